The molecule has 0 aliphatic carbocycles. The first-order chi connectivity index (χ1) is 12.9. The van der Waals surface area contributed by atoms with Gasteiger partial charge in [0.25, 0.3) is 5.91 Å². The molecule has 146 valence electrons. The molecule has 0 spiro atoms. The molecule has 0 bridgehead atoms. The fourth-order valence-corrected chi connectivity index (χ4v) is 2.21. The Morgan fingerprint density at radius 2 is 1.81 bits per heavy atom. The number of allylic oxidation sites excluding steroid dienone is 2. The van der Waals surface area contributed by atoms with Crippen LogP contribution in [0.1, 0.15) is 38.0 Å². The number of carbonyl (C=O) groups is 1. The Kier molecular flexibility index (Phi) is 9.28. The molecule has 27 heavy (non-hydrogen) atoms. The van der Waals surface area contributed by atoms with Gasteiger partial charge < -0.3 is 19.8 Å². The minimum atomic E-state index is -0.445. The zero-order valence-corrected chi connectivity index (χ0v) is 16.5. The number of hydrogen-bond donors (Lipinski definition) is 1. The van der Waals surface area contributed by atoms with Crippen molar-refractivity contribution in [3.05, 3.63) is 47.0 Å². The van der Waals surface area contributed by atoms with Crippen LogP contribution in [0.3, 0.4) is 0 Å². The summed E-state index contributed by atoms with van der Waals surface area (Å²) in [5, 5.41) is 14.2. The highest BCUT2D eigenvalue weighted by molar-refractivity contribution is 6.45. The van der Waals surface area contributed by atoms with Gasteiger partial charge in [0.05, 0.1) is 6.21 Å². The number of nitrogens with zero attached hydrogens (tertiary/aromatic N) is 3. The summed E-state index contributed by atoms with van der Waals surface area (Å²) in [7, 11) is 4.37. The van der Waals surface area contributed by atoms with E-state index in [2.05, 4.69) is 20.8 Å². The van der Waals surface area contributed by atoms with Gasteiger partial charge in [-0.15, -0.1) is 0 Å². The van der Waals surface area contributed by atoms with E-state index in [0.717, 1.165) is 11.1 Å². The topological polar surface area (TPSA) is 93.9 Å². The van der Waals surface area contributed by atoms with E-state index in [9.17, 15) is 4.79 Å². The van der Waals surface area contributed by atoms with E-state index in [1.165, 1.54) is 27.5 Å². The molecule has 1 unspecified atom stereocenters. The van der Waals surface area contributed by atoms with E-state index >= 15 is 0 Å². The van der Waals surface area contributed by atoms with E-state index in [4.69, 9.17) is 14.5 Å². The Hall–Kier alpha value is -3.16. The Labute approximate surface area is 159 Å². The molecule has 8 nitrogen and oxygen atoms in total. The third kappa shape index (κ3) is 6.93. The molecule has 1 rings (SSSR count). The van der Waals surface area contributed by atoms with Crippen LogP contribution in [0.15, 0.2) is 51.4 Å². The van der Waals surface area contributed by atoms with Gasteiger partial charge in [0.15, 0.2) is 5.71 Å². The first-order valence-corrected chi connectivity index (χ1v) is 8.32. The van der Waals surface area contributed by atoms with Gasteiger partial charge in [-0.3, -0.25) is 4.79 Å². The number of likely N-dealkylation sites (N-methyl/N-ethyl adjacent to an activating group) is 1. The van der Waals surface area contributed by atoms with Crippen molar-refractivity contribution in [1.82, 2.24) is 5.32 Å². The summed E-state index contributed by atoms with van der Waals surface area (Å²) in [5.74, 6) is -0.363. The van der Waals surface area contributed by atoms with Crippen LogP contribution in [0.2, 0.25) is 0 Å². The minimum absolute atomic E-state index is 0.154. The Morgan fingerprint density at radius 1 is 1.15 bits per heavy atom. The average Bonchev–Trinajstić information content (AvgIpc) is 2.65. The predicted octanol–water partition coefficient (Wildman–Crippen LogP) is 2.82. The van der Waals surface area contributed by atoms with Crippen LogP contribution in [0, 0.1) is 0 Å². The summed E-state index contributed by atoms with van der Waals surface area (Å²) in [4.78, 5) is 27.3. The second-order valence-electron chi connectivity index (χ2n) is 5.69. The van der Waals surface area contributed by atoms with Crippen molar-refractivity contribution < 1.29 is 19.3 Å². The molecule has 1 atom stereocenters. The lowest BCUT2D eigenvalue weighted by molar-refractivity contribution is -0.114. The maximum Gasteiger partial charge on any atom is 0.273 e. The van der Waals surface area contributed by atoms with Crippen molar-refractivity contribution in [2.45, 2.75) is 26.9 Å². The maximum atomic E-state index is 12.1. The molecule has 1 amide bonds. The molecule has 0 saturated carbocycles. The molecule has 0 radical (unpaired) electrons. The van der Waals surface area contributed by atoms with Crippen LogP contribution in [-0.4, -0.2) is 44.8 Å². The quantitative estimate of drug-likeness (QED) is 0.531. The second kappa shape index (κ2) is 11.5. The Morgan fingerprint density at radius 3 is 2.41 bits per heavy atom. The highest BCUT2D eigenvalue weighted by atomic mass is 16.6. The maximum absolute atomic E-state index is 12.1. The van der Waals surface area contributed by atoms with Crippen LogP contribution in [0.5, 0.6) is 0 Å². The van der Waals surface area contributed by atoms with Gasteiger partial charge in [0, 0.05) is 18.2 Å². The largest absolute Gasteiger partial charge is 0.399 e. The molecule has 0 aliphatic rings. The molecule has 1 aromatic rings. The lowest BCUT2D eigenvalue weighted by Crippen LogP contribution is -2.29. The van der Waals surface area contributed by atoms with Crippen LogP contribution >= 0.6 is 0 Å². The van der Waals surface area contributed by atoms with Crippen molar-refractivity contribution in [2.24, 2.45) is 15.5 Å². The third-order valence-corrected chi connectivity index (χ3v) is 3.32. The number of hydrogen-bond acceptors (Lipinski definition) is 7. The summed E-state index contributed by atoms with van der Waals surface area (Å²) < 4.78 is 0. The van der Waals surface area contributed by atoms with Gasteiger partial charge in [-0.25, -0.2) is 0 Å². The van der Waals surface area contributed by atoms with Crippen molar-refractivity contribution in [2.75, 3.05) is 21.3 Å². The van der Waals surface area contributed by atoms with Gasteiger partial charge in [-0.05, 0) is 26.8 Å². The SMILES string of the molecule is CNC(=O)C(=NOC)c1ccccc1C(C)ON=CC(C=C(C)C)=NOC. The van der Waals surface area contributed by atoms with Crippen molar-refractivity contribution in [1.29, 1.82) is 0 Å². The fraction of sp³-hybridized carbons (Fsp3) is 0.368. The van der Waals surface area contributed by atoms with Crippen molar-refractivity contribution >= 4 is 23.5 Å². The van der Waals surface area contributed by atoms with Gasteiger partial charge in [-0.1, -0.05) is 45.3 Å². The zero-order chi connectivity index (χ0) is 20.2. The minimum Gasteiger partial charge on any atom is -0.399 e. The first kappa shape index (κ1) is 21.9. The second-order valence-corrected chi connectivity index (χ2v) is 5.69. The average molecular weight is 374 g/mol. The molecule has 1 aromatic carbocycles. The normalized spacial score (nSPS) is 13.1. The van der Waals surface area contributed by atoms with Crippen LogP contribution < -0.4 is 5.32 Å². The van der Waals surface area contributed by atoms with Crippen LogP contribution in [0.25, 0.3) is 0 Å². The molecule has 1 N–H and O–H groups in total. The fourth-order valence-electron chi connectivity index (χ4n) is 2.21. The predicted molar refractivity (Wildman–Crippen MR) is 106 cm³/mol. The van der Waals surface area contributed by atoms with E-state index in [0.29, 0.717) is 11.3 Å². The van der Waals surface area contributed by atoms with E-state index < -0.39 is 6.10 Å². The van der Waals surface area contributed by atoms with E-state index in [-0.39, 0.29) is 11.6 Å². The summed E-state index contributed by atoms with van der Waals surface area (Å²) in [6, 6.07) is 7.26. The highest BCUT2D eigenvalue weighted by Gasteiger charge is 2.20. The molecule has 0 aromatic heterocycles. The number of benzene rings is 1. The molecule has 0 fully saturated rings. The van der Waals surface area contributed by atoms with Gasteiger partial charge in [-0.2, -0.15) is 0 Å². The third-order valence-electron chi connectivity index (χ3n) is 3.32. The van der Waals surface area contributed by atoms with E-state index in [1.54, 1.807) is 12.1 Å². The molecule has 8 heteroatoms. The summed E-state index contributed by atoms with van der Waals surface area (Å²) >= 11 is 0. The number of amides is 1. The van der Waals surface area contributed by atoms with Crippen LogP contribution in [0.4, 0.5) is 0 Å². The van der Waals surface area contributed by atoms with E-state index in [1.807, 2.05) is 39.0 Å². The number of carbonyl (C=O) groups excluding carboxylic acids is 1. The van der Waals surface area contributed by atoms with Gasteiger partial charge in [0.2, 0.25) is 0 Å². The standard InChI is InChI=1S/C19H26N4O4/c1-13(2)11-15(22-25-5)12-21-27-14(3)16-9-7-8-10-17(16)18(23-26-6)19(24)20-4/h7-12,14H,1-6H3,(H,20,24). The summed E-state index contributed by atoms with van der Waals surface area (Å²) in [6.45, 7) is 5.70. The van der Waals surface area contributed by atoms with Gasteiger partial charge >= 0.3 is 0 Å². The van der Waals surface area contributed by atoms with Crippen LogP contribution in [-0.2, 0) is 19.3 Å². The molecule has 0 aliphatic heterocycles. The lowest BCUT2D eigenvalue weighted by atomic mass is 9.99. The lowest BCUT2D eigenvalue weighted by Gasteiger charge is -2.15. The molecule has 0 saturated heterocycles. The molecular weight excluding hydrogens is 348 g/mol. The summed E-state index contributed by atoms with van der Waals surface area (Å²) in [5.41, 5.74) is 3.05. The monoisotopic (exact) mass is 374 g/mol. The highest BCUT2D eigenvalue weighted by Crippen LogP contribution is 2.22. The first-order valence-electron chi connectivity index (χ1n) is 8.32. The zero-order valence-electron chi connectivity index (χ0n) is 16.5. The van der Waals surface area contributed by atoms with Crippen molar-refractivity contribution in [3.8, 4) is 0 Å². The Bertz CT molecular complexity index is 750. The summed E-state index contributed by atoms with van der Waals surface area (Å²) in [6.07, 6.45) is 2.82. The molecule has 0 heterocycles. The van der Waals surface area contributed by atoms with Gasteiger partial charge in [0.1, 0.15) is 26.0 Å². The Balaban J connectivity index is 3.08. The number of rotatable bonds is 9. The number of oxime groups is 3. The molecular formula is C19H26N4O4. The smallest absolute Gasteiger partial charge is 0.273 e. The van der Waals surface area contributed by atoms with Crippen molar-refractivity contribution in [3.63, 3.8) is 0 Å². The number of nitrogens with one attached hydrogen (secondary N) is 1.